The number of nitrogens with two attached hydrogens (primary N) is 2. The normalized spacial score (nSPS) is 10.3. The van der Waals surface area contributed by atoms with Crippen molar-refractivity contribution in [3.63, 3.8) is 0 Å². The highest BCUT2D eigenvalue weighted by atomic mass is 16.4. The van der Waals surface area contributed by atoms with Crippen LogP contribution in [0.1, 0.15) is 15.9 Å². The Hall–Kier alpha value is -4.05. The number of nitrogens with zero attached hydrogens (tertiary/aromatic N) is 2. The minimum absolute atomic E-state index is 0.0294. The Morgan fingerprint density at radius 3 is 2.31 bits per heavy atom. The molecule has 1 aromatic heterocycles. The second kappa shape index (κ2) is 6.45. The second-order valence-corrected chi connectivity index (χ2v) is 5.59. The van der Waals surface area contributed by atoms with Gasteiger partial charge in [0.15, 0.2) is 0 Å². The number of nitriles is 1. The summed E-state index contributed by atoms with van der Waals surface area (Å²) in [5, 5.41) is 28.3. The van der Waals surface area contributed by atoms with Crippen LogP contribution in [0.4, 0.5) is 11.5 Å². The standard InChI is InChI=1S/C19H14N4O3/c20-9-15-13(11-3-6-17(24)14(7-11)19(25)26)8-16(23-18(15)22)10-1-4-12(21)5-2-10/h1-8,24H,21H2,(H2,22,23)(H,25,26). The molecule has 3 rings (SSSR count). The van der Waals surface area contributed by atoms with Gasteiger partial charge < -0.3 is 21.7 Å². The molecule has 26 heavy (non-hydrogen) atoms. The molecule has 0 saturated heterocycles. The highest BCUT2D eigenvalue weighted by molar-refractivity contribution is 5.93. The van der Waals surface area contributed by atoms with Crippen molar-refractivity contribution in [1.29, 1.82) is 5.26 Å². The smallest absolute Gasteiger partial charge is 0.339 e. The minimum atomic E-state index is -1.27. The summed E-state index contributed by atoms with van der Waals surface area (Å²) in [6.07, 6.45) is 0. The van der Waals surface area contributed by atoms with Crippen LogP contribution in [0, 0.1) is 11.3 Å². The Balaban J connectivity index is 2.23. The number of hydrogen-bond donors (Lipinski definition) is 4. The topological polar surface area (TPSA) is 146 Å². The van der Waals surface area contributed by atoms with Crippen molar-refractivity contribution in [2.75, 3.05) is 11.5 Å². The van der Waals surface area contributed by atoms with E-state index < -0.39 is 5.97 Å². The summed E-state index contributed by atoms with van der Waals surface area (Å²) in [5.74, 6) is -1.61. The van der Waals surface area contributed by atoms with Crippen LogP contribution in [0.3, 0.4) is 0 Å². The van der Waals surface area contributed by atoms with E-state index in [-0.39, 0.29) is 22.7 Å². The summed E-state index contributed by atoms with van der Waals surface area (Å²) in [6.45, 7) is 0. The molecule has 0 amide bonds. The summed E-state index contributed by atoms with van der Waals surface area (Å²) in [4.78, 5) is 15.5. The van der Waals surface area contributed by atoms with Crippen LogP contribution in [0.15, 0.2) is 48.5 Å². The number of hydrogen-bond acceptors (Lipinski definition) is 6. The predicted octanol–water partition coefficient (Wildman–Crippen LogP) is 2.86. The number of nitrogen functional groups attached to an aromatic ring is 2. The van der Waals surface area contributed by atoms with Crippen molar-refractivity contribution < 1.29 is 15.0 Å². The highest BCUT2D eigenvalue weighted by Crippen LogP contribution is 2.33. The van der Waals surface area contributed by atoms with Gasteiger partial charge in [-0.2, -0.15) is 5.26 Å². The van der Waals surface area contributed by atoms with Crippen molar-refractivity contribution >= 4 is 17.5 Å². The number of phenols is 1. The van der Waals surface area contributed by atoms with E-state index in [0.717, 1.165) is 5.56 Å². The number of rotatable bonds is 3. The maximum Gasteiger partial charge on any atom is 0.339 e. The molecule has 7 heteroatoms. The first-order valence-corrected chi connectivity index (χ1v) is 7.54. The van der Waals surface area contributed by atoms with E-state index in [1.165, 1.54) is 18.2 Å². The first-order chi connectivity index (χ1) is 12.4. The lowest BCUT2D eigenvalue weighted by Gasteiger charge is -2.11. The quantitative estimate of drug-likeness (QED) is 0.533. The Labute approximate surface area is 148 Å². The lowest BCUT2D eigenvalue weighted by molar-refractivity contribution is 0.0694. The molecule has 0 fully saturated rings. The van der Waals surface area contributed by atoms with Gasteiger partial charge in [-0.05, 0) is 35.9 Å². The third-order valence-corrected chi connectivity index (χ3v) is 3.90. The molecule has 0 atom stereocenters. The van der Waals surface area contributed by atoms with Gasteiger partial charge in [0.05, 0.1) is 5.69 Å². The molecule has 0 aliphatic rings. The van der Waals surface area contributed by atoms with Gasteiger partial charge in [0.2, 0.25) is 0 Å². The molecule has 0 spiro atoms. The lowest BCUT2D eigenvalue weighted by Crippen LogP contribution is -2.01. The first kappa shape index (κ1) is 16.8. The van der Waals surface area contributed by atoms with Crippen molar-refractivity contribution in [3.05, 3.63) is 59.7 Å². The van der Waals surface area contributed by atoms with E-state index in [1.807, 2.05) is 6.07 Å². The summed E-state index contributed by atoms with van der Waals surface area (Å²) in [6, 6.07) is 14.7. The number of carboxylic acids is 1. The van der Waals surface area contributed by atoms with Crippen molar-refractivity contribution in [3.8, 4) is 34.2 Å². The van der Waals surface area contributed by atoms with Crippen LogP contribution in [-0.4, -0.2) is 21.2 Å². The van der Waals surface area contributed by atoms with Gasteiger partial charge in [-0.3, -0.25) is 0 Å². The molecule has 0 unspecified atom stereocenters. The zero-order valence-electron chi connectivity index (χ0n) is 13.5. The molecule has 3 aromatic rings. The fraction of sp³-hybridized carbons (Fsp3) is 0. The number of carbonyl (C=O) groups is 1. The molecule has 0 saturated carbocycles. The molecular weight excluding hydrogens is 332 g/mol. The van der Waals surface area contributed by atoms with Gasteiger partial charge in [0, 0.05) is 16.8 Å². The summed E-state index contributed by atoms with van der Waals surface area (Å²) in [7, 11) is 0. The monoisotopic (exact) mass is 346 g/mol. The van der Waals surface area contributed by atoms with Crippen LogP contribution in [0.2, 0.25) is 0 Å². The molecule has 2 aromatic carbocycles. The average Bonchev–Trinajstić information content (AvgIpc) is 2.62. The SMILES string of the molecule is N#Cc1c(-c2ccc(O)c(C(=O)O)c2)cc(-c2ccc(N)cc2)nc1N. The Kier molecular flexibility index (Phi) is 4.17. The van der Waals surface area contributed by atoms with Gasteiger partial charge >= 0.3 is 5.97 Å². The molecule has 7 nitrogen and oxygen atoms in total. The summed E-state index contributed by atoms with van der Waals surface area (Å²) in [5.41, 5.74) is 14.2. The average molecular weight is 346 g/mol. The molecule has 0 aliphatic carbocycles. The fourth-order valence-electron chi connectivity index (χ4n) is 2.59. The van der Waals surface area contributed by atoms with Gasteiger partial charge in [-0.1, -0.05) is 18.2 Å². The molecule has 1 heterocycles. The first-order valence-electron chi connectivity index (χ1n) is 7.54. The summed E-state index contributed by atoms with van der Waals surface area (Å²) >= 11 is 0. The Morgan fingerprint density at radius 2 is 1.69 bits per heavy atom. The Morgan fingerprint density at radius 1 is 1.04 bits per heavy atom. The van der Waals surface area contributed by atoms with E-state index in [2.05, 4.69) is 4.98 Å². The van der Waals surface area contributed by atoms with Crippen LogP contribution in [-0.2, 0) is 0 Å². The maximum absolute atomic E-state index is 11.3. The van der Waals surface area contributed by atoms with Crippen LogP contribution < -0.4 is 11.5 Å². The number of pyridine rings is 1. The Bertz CT molecular complexity index is 1050. The van der Waals surface area contributed by atoms with Gasteiger partial charge in [0.1, 0.15) is 28.8 Å². The number of aromatic hydroxyl groups is 1. The molecular formula is C19H14N4O3. The van der Waals surface area contributed by atoms with Crippen LogP contribution in [0.5, 0.6) is 5.75 Å². The number of anilines is 2. The van der Waals surface area contributed by atoms with E-state index >= 15 is 0 Å². The van der Waals surface area contributed by atoms with Crippen LogP contribution in [0.25, 0.3) is 22.4 Å². The molecule has 0 bridgehead atoms. The zero-order valence-corrected chi connectivity index (χ0v) is 13.5. The van der Waals surface area contributed by atoms with Gasteiger partial charge in [0.25, 0.3) is 0 Å². The highest BCUT2D eigenvalue weighted by Gasteiger charge is 2.17. The maximum atomic E-state index is 11.3. The minimum Gasteiger partial charge on any atom is -0.507 e. The van der Waals surface area contributed by atoms with Crippen molar-refractivity contribution in [2.45, 2.75) is 0 Å². The second-order valence-electron chi connectivity index (χ2n) is 5.59. The van der Waals surface area contributed by atoms with Gasteiger partial charge in [-0.15, -0.1) is 0 Å². The number of benzene rings is 2. The van der Waals surface area contributed by atoms with Crippen molar-refractivity contribution in [2.24, 2.45) is 0 Å². The van der Waals surface area contributed by atoms with E-state index in [4.69, 9.17) is 11.5 Å². The largest absolute Gasteiger partial charge is 0.507 e. The van der Waals surface area contributed by atoms with Gasteiger partial charge in [-0.25, -0.2) is 9.78 Å². The van der Waals surface area contributed by atoms with Crippen LogP contribution >= 0.6 is 0 Å². The third kappa shape index (κ3) is 2.99. The number of carboxylic acid groups (broad SMARTS) is 1. The summed E-state index contributed by atoms with van der Waals surface area (Å²) < 4.78 is 0. The third-order valence-electron chi connectivity index (χ3n) is 3.90. The number of aromatic carboxylic acids is 1. The van der Waals surface area contributed by atoms with Crippen molar-refractivity contribution in [1.82, 2.24) is 4.98 Å². The molecule has 0 radical (unpaired) electrons. The van der Waals surface area contributed by atoms with E-state index in [0.29, 0.717) is 22.5 Å². The number of aromatic nitrogens is 1. The zero-order chi connectivity index (χ0) is 18.8. The molecule has 0 aliphatic heterocycles. The lowest BCUT2D eigenvalue weighted by atomic mass is 9.96. The fourth-order valence-corrected chi connectivity index (χ4v) is 2.59. The van der Waals surface area contributed by atoms with E-state index in [1.54, 1.807) is 30.3 Å². The predicted molar refractivity (Wildman–Crippen MR) is 97.3 cm³/mol. The molecule has 128 valence electrons. The van der Waals surface area contributed by atoms with E-state index in [9.17, 15) is 20.3 Å². The molecule has 6 N–H and O–H groups in total.